The van der Waals surface area contributed by atoms with Crippen LogP contribution < -0.4 is 0 Å². The van der Waals surface area contributed by atoms with Crippen molar-refractivity contribution < 1.29 is 13.6 Å². The first-order valence-corrected chi connectivity index (χ1v) is 9.00. The Kier molecular flexibility index (Phi) is 10.7. The van der Waals surface area contributed by atoms with Gasteiger partial charge in [-0.25, -0.2) is 0 Å². The third-order valence-corrected chi connectivity index (χ3v) is 4.55. The molecule has 0 radical (unpaired) electrons. The molecule has 4 heteroatoms. The lowest BCUT2D eigenvalue weighted by atomic mass is 10.1. The second-order valence-electron chi connectivity index (χ2n) is 4.89. The van der Waals surface area contributed by atoms with Gasteiger partial charge in [-0.15, -0.1) is 0 Å². The fourth-order valence-electron chi connectivity index (χ4n) is 1.63. The molecule has 116 valence electrons. The van der Waals surface area contributed by atoms with Gasteiger partial charge in [-0.2, -0.15) is 0 Å². The molecule has 0 atom stereocenters. The summed E-state index contributed by atoms with van der Waals surface area (Å²) in [7, 11) is -2.94. The summed E-state index contributed by atoms with van der Waals surface area (Å²) in [6, 6.07) is 0. The van der Waals surface area contributed by atoms with E-state index >= 15 is 0 Å². The Morgan fingerprint density at radius 1 is 1.10 bits per heavy atom. The largest absolute Gasteiger partial charge is 0.334 e. The second kappa shape index (κ2) is 11.1. The van der Waals surface area contributed by atoms with Gasteiger partial charge in [0.1, 0.15) is 0 Å². The topological polar surface area (TPSA) is 35.5 Å². The molecule has 0 bridgehead atoms. The van der Waals surface area contributed by atoms with Crippen molar-refractivity contribution in [2.24, 2.45) is 0 Å². The van der Waals surface area contributed by atoms with Gasteiger partial charge < -0.3 is 9.05 Å². The van der Waals surface area contributed by atoms with Crippen molar-refractivity contribution in [3.05, 3.63) is 35.5 Å². The highest BCUT2D eigenvalue weighted by Gasteiger charge is 2.20. The Morgan fingerprint density at radius 2 is 1.70 bits per heavy atom. The molecule has 0 aliphatic heterocycles. The van der Waals surface area contributed by atoms with E-state index in [1.807, 2.05) is 26.0 Å². The standard InChI is InChI=1S/C16H29O3P/c1-6-18-20(17,19-7-2)14-9-8-12-16(5)13-10-11-15(3)4/h8-9,11-12H,6-7,10,13-14H2,1-5H3. The molecule has 3 nitrogen and oxygen atoms in total. The first-order valence-electron chi connectivity index (χ1n) is 7.27. The van der Waals surface area contributed by atoms with Crippen molar-refractivity contribution >= 4 is 7.60 Å². The van der Waals surface area contributed by atoms with Gasteiger partial charge in [-0.3, -0.25) is 4.57 Å². The quantitative estimate of drug-likeness (QED) is 0.303. The van der Waals surface area contributed by atoms with E-state index < -0.39 is 7.60 Å². The van der Waals surface area contributed by atoms with E-state index in [0.717, 1.165) is 12.8 Å². The average Bonchev–Trinajstić information content (AvgIpc) is 2.35. The molecule has 20 heavy (non-hydrogen) atoms. The summed E-state index contributed by atoms with van der Waals surface area (Å²) >= 11 is 0. The Morgan fingerprint density at radius 3 is 2.20 bits per heavy atom. The maximum absolute atomic E-state index is 12.2. The van der Waals surface area contributed by atoms with E-state index in [-0.39, 0.29) is 0 Å². The van der Waals surface area contributed by atoms with Crippen LogP contribution >= 0.6 is 7.60 Å². The fourth-order valence-corrected chi connectivity index (χ4v) is 3.08. The number of hydrogen-bond donors (Lipinski definition) is 0. The van der Waals surface area contributed by atoms with Gasteiger partial charge >= 0.3 is 7.60 Å². The molecule has 0 fully saturated rings. The minimum atomic E-state index is -2.94. The molecule has 0 amide bonds. The highest BCUT2D eigenvalue weighted by atomic mass is 31.2. The smallest absolute Gasteiger partial charge is 0.309 e. The van der Waals surface area contributed by atoms with Crippen LogP contribution in [0.15, 0.2) is 35.5 Å². The van der Waals surface area contributed by atoms with Gasteiger partial charge in [-0.05, 0) is 47.5 Å². The lowest BCUT2D eigenvalue weighted by Gasteiger charge is -2.14. The Balaban J connectivity index is 4.27. The van der Waals surface area contributed by atoms with Gasteiger partial charge in [-0.1, -0.05) is 35.5 Å². The lowest BCUT2D eigenvalue weighted by molar-refractivity contribution is 0.222. The van der Waals surface area contributed by atoms with E-state index in [9.17, 15) is 4.57 Å². The predicted octanol–water partition coefficient (Wildman–Crippen LogP) is 5.50. The van der Waals surface area contributed by atoms with Gasteiger partial charge in [0.05, 0.1) is 19.4 Å². The van der Waals surface area contributed by atoms with Crippen LogP contribution in [0.4, 0.5) is 0 Å². The maximum Gasteiger partial charge on any atom is 0.334 e. The fraction of sp³-hybridized carbons (Fsp3) is 0.625. The van der Waals surface area contributed by atoms with Gasteiger partial charge in [0, 0.05) is 0 Å². The normalized spacial score (nSPS) is 12.9. The monoisotopic (exact) mass is 300 g/mol. The summed E-state index contributed by atoms with van der Waals surface area (Å²) in [5.41, 5.74) is 2.66. The zero-order chi connectivity index (χ0) is 15.4. The van der Waals surface area contributed by atoms with Gasteiger partial charge in [0.2, 0.25) is 0 Å². The van der Waals surface area contributed by atoms with Crippen LogP contribution in [0.25, 0.3) is 0 Å². The third kappa shape index (κ3) is 10.2. The Bertz CT molecular complexity index is 381. The molecule has 0 saturated carbocycles. The summed E-state index contributed by atoms with van der Waals surface area (Å²) in [4.78, 5) is 0. The van der Waals surface area contributed by atoms with Crippen molar-refractivity contribution in [2.75, 3.05) is 19.4 Å². The number of allylic oxidation sites excluding steroid dienone is 6. The van der Waals surface area contributed by atoms with Crippen LogP contribution in [0.1, 0.15) is 47.5 Å². The molecule has 0 aromatic carbocycles. The van der Waals surface area contributed by atoms with Crippen molar-refractivity contribution in [3.63, 3.8) is 0 Å². The molecule has 0 saturated heterocycles. The van der Waals surface area contributed by atoms with Crippen LogP contribution in [0.5, 0.6) is 0 Å². The maximum atomic E-state index is 12.2. The molecule has 0 heterocycles. The summed E-state index contributed by atoms with van der Waals surface area (Å²) in [6.45, 7) is 10.8. The van der Waals surface area contributed by atoms with Crippen molar-refractivity contribution in [2.45, 2.75) is 47.5 Å². The first-order chi connectivity index (χ1) is 9.43. The highest BCUT2D eigenvalue weighted by molar-refractivity contribution is 7.54. The van der Waals surface area contributed by atoms with Crippen LogP contribution in [-0.2, 0) is 13.6 Å². The highest BCUT2D eigenvalue weighted by Crippen LogP contribution is 2.47. The lowest BCUT2D eigenvalue weighted by Crippen LogP contribution is -1.98. The molecule has 0 rings (SSSR count). The van der Waals surface area contributed by atoms with Crippen LogP contribution in [0.2, 0.25) is 0 Å². The van der Waals surface area contributed by atoms with E-state index in [0.29, 0.717) is 19.4 Å². The van der Waals surface area contributed by atoms with Crippen molar-refractivity contribution in [3.8, 4) is 0 Å². The summed E-state index contributed by atoms with van der Waals surface area (Å²) in [5.74, 6) is 0. The number of rotatable bonds is 10. The Hall–Kier alpha value is -0.630. The van der Waals surface area contributed by atoms with Crippen molar-refractivity contribution in [1.29, 1.82) is 0 Å². The van der Waals surface area contributed by atoms with Gasteiger partial charge in [0.25, 0.3) is 0 Å². The summed E-state index contributed by atoms with van der Waals surface area (Å²) in [5, 5.41) is 0. The van der Waals surface area contributed by atoms with Crippen molar-refractivity contribution in [1.82, 2.24) is 0 Å². The van der Waals surface area contributed by atoms with E-state index in [2.05, 4.69) is 32.9 Å². The van der Waals surface area contributed by atoms with E-state index in [1.54, 1.807) is 0 Å². The minimum absolute atomic E-state index is 0.326. The zero-order valence-electron chi connectivity index (χ0n) is 13.5. The minimum Gasteiger partial charge on any atom is -0.309 e. The average molecular weight is 300 g/mol. The second-order valence-corrected chi connectivity index (χ2v) is 6.99. The SMILES string of the molecule is CCOP(=O)(CC=CC=C(C)CCC=C(C)C)OCC. The van der Waals surface area contributed by atoms with E-state index in [1.165, 1.54) is 11.1 Å². The molecular weight excluding hydrogens is 271 g/mol. The zero-order valence-corrected chi connectivity index (χ0v) is 14.4. The summed E-state index contributed by atoms with van der Waals surface area (Å²) < 4.78 is 22.6. The van der Waals surface area contributed by atoms with Crippen LogP contribution in [-0.4, -0.2) is 19.4 Å². The molecule has 0 unspecified atom stereocenters. The van der Waals surface area contributed by atoms with Crippen LogP contribution in [0, 0.1) is 0 Å². The third-order valence-electron chi connectivity index (χ3n) is 2.59. The molecule has 0 aromatic rings. The van der Waals surface area contributed by atoms with Gasteiger partial charge in [0.15, 0.2) is 0 Å². The van der Waals surface area contributed by atoms with E-state index in [4.69, 9.17) is 9.05 Å². The van der Waals surface area contributed by atoms with Crippen LogP contribution in [0.3, 0.4) is 0 Å². The molecule has 0 aliphatic rings. The predicted molar refractivity (Wildman–Crippen MR) is 87.3 cm³/mol. The first kappa shape index (κ1) is 19.4. The Labute approximate surface area is 124 Å². The molecule has 0 aromatic heterocycles. The molecule has 0 spiro atoms. The molecular formula is C16H29O3P. The number of hydrogen-bond acceptors (Lipinski definition) is 3. The molecule has 0 aliphatic carbocycles. The molecule has 0 N–H and O–H groups in total. The summed E-state index contributed by atoms with van der Waals surface area (Å²) in [6.07, 6.45) is 10.5.